The van der Waals surface area contributed by atoms with Crippen molar-refractivity contribution in [2.75, 3.05) is 13.1 Å². The van der Waals surface area contributed by atoms with Crippen molar-refractivity contribution in [3.05, 3.63) is 29.8 Å². The fraction of sp³-hybridized carbons (Fsp3) is 0.533. The molecular weight excluding hydrogens is 240 g/mol. The number of nitrogens with zero attached hydrogens (tertiary/aromatic N) is 1. The topological polar surface area (TPSA) is 66.6 Å². The van der Waals surface area contributed by atoms with Crippen LogP contribution >= 0.6 is 0 Å². The first-order valence-electron chi connectivity index (χ1n) is 6.98. The lowest BCUT2D eigenvalue weighted by Gasteiger charge is -2.35. The summed E-state index contributed by atoms with van der Waals surface area (Å²) in [4.78, 5) is 14.3. The predicted octanol–water partition coefficient (Wildman–Crippen LogP) is 1.66. The van der Waals surface area contributed by atoms with Crippen molar-refractivity contribution >= 4 is 5.91 Å². The van der Waals surface area contributed by atoms with E-state index < -0.39 is 0 Å². The lowest BCUT2D eigenvalue weighted by Crippen LogP contribution is -2.45. The summed E-state index contributed by atoms with van der Waals surface area (Å²) >= 11 is 0. The first kappa shape index (κ1) is 13.9. The van der Waals surface area contributed by atoms with Crippen LogP contribution in [0.2, 0.25) is 0 Å². The van der Waals surface area contributed by atoms with Gasteiger partial charge in [-0.15, -0.1) is 0 Å². The normalized spacial score (nSPS) is 19.4. The Labute approximate surface area is 114 Å². The standard InChI is InChI=1S/C15H22N2O2/c16-8-7-13-5-1-2-9-17(13)15(19)11-12-4-3-6-14(18)10-12/h3-4,6,10,13,18H,1-2,5,7-9,11,16H2. The van der Waals surface area contributed by atoms with E-state index in [1.54, 1.807) is 18.2 Å². The van der Waals surface area contributed by atoms with Crippen LogP contribution in [0, 0.1) is 0 Å². The van der Waals surface area contributed by atoms with Gasteiger partial charge in [0.25, 0.3) is 0 Å². The lowest BCUT2D eigenvalue weighted by atomic mass is 9.98. The van der Waals surface area contributed by atoms with Crippen LogP contribution < -0.4 is 5.73 Å². The van der Waals surface area contributed by atoms with Crippen molar-refractivity contribution in [2.24, 2.45) is 5.73 Å². The van der Waals surface area contributed by atoms with Crippen molar-refractivity contribution in [2.45, 2.75) is 38.1 Å². The molecule has 0 aliphatic carbocycles. The van der Waals surface area contributed by atoms with E-state index in [0.29, 0.717) is 19.0 Å². The summed E-state index contributed by atoms with van der Waals surface area (Å²) in [6.45, 7) is 1.46. The molecule has 1 unspecified atom stereocenters. The molecule has 1 fully saturated rings. The minimum absolute atomic E-state index is 0.142. The molecule has 0 bridgehead atoms. The van der Waals surface area contributed by atoms with E-state index in [4.69, 9.17) is 5.73 Å². The zero-order chi connectivity index (χ0) is 13.7. The maximum Gasteiger partial charge on any atom is 0.227 e. The molecule has 2 rings (SSSR count). The first-order chi connectivity index (χ1) is 9.20. The average molecular weight is 262 g/mol. The molecule has 4 heteroatoms. The third-order valence-corrected chi connectivity index (χ3v) is 3.71. The van der Waals surface area contributed by atoms with Crippen molar-refractivity contribution < 1.29 is 9.90 Å². The van der Waals surface area contributed by atoms with E-state index >= 15 is 0 Å². The first-order valence-corrected chi connectivity index (χ1v) is 6.98. The smallest absolute Gasteiger partial charge is 0.227 e. The molecule has 1 aromatic rings. The number of piperidine rings is 1. The number of hydrogen-bond donors (Lipinski definition) is 2. The minimum Gasteiger partial charge on any atom is -0.508 e. The lowest BCUT2D eigenvalue weighted by molar-refractivity contribution is -0.134. The summed E-state index contributed by atoms with van der Waals surface area (Å²) in [5.74, 6) is 0.353. The maximum absolute atomic E-state index is 12.4. The summed E-state index contributed by atoms with van der Waals surface area (Å²) in [6, 6.07) is 7.21. The molecule has 0 radical (unpaired) electrons. The van der Waals surface area contributed by atoms with Gasteiger partial charge in [-0.3, -0.25) is 4.79 Å². The highest BCUT2D eigenvalue weighted by molar-refractivity contribution is 5.79. The zero-order valence-corrected chi connectivity index (χ0v) is 11.2. The fourth-order valence-electron chi connectivity index (χ4n) is 2.76. The molecule has 3 N–H and O–H groups in total. The van der Waals surface area contributed by atoms with Gasteiger partial charge in [0.1, 0.15) is 5.75 Å². The fourth-order valence-corrected chi connectivity index (χ4v) is 2.76. The molecule has 1 aliphatic rings. The quantitative estimate of drug-likeness (QED) is 0.867. The van der Waals surface area contributed by atoms with Gasteiger partial charge in [0.15, 0.2) is 0 Å². The van der Waals surface area contributed by atoms with Gasteiger partial charge in [0, 0.05) is 12.6 Å². The Morgan fingerprint density at radius 3 is 3.00 bits per heavy atom. The molecule has 1 heterocycles. The van der Waals surface area contributed by atoms with E-state index in [-0.39, 0.29) is 11.7 Å². The SMILES string of the molecule is NCCC1CCCCN1C(=O)Cc1cccc(O)c1. The second-order valence-corrected chi connectivity index (χ2v) is 5.16. The van der Waals surface area contributed by atoms with Gasteiger partial charge in [-0.1, -0.05) is 12.1 Å². The van der Waals surface area contributed by atoms with Crippen LogP contribution in [0.5, 0.6) is 5.75 Å². The summed E-state index contributed by atoms with van der Waals surface area (Å²) < 4.78 is 0. The Bertz CT molecular complexity index is 432. The van der Waals surface area contributed by atoms with E-state index in [0.717, 1.165) is 31.4 Å². The second-order valence-electron chi connectivity index (χ2n) is 5.16. The molecule has 0 spiro atoms. The monoisotopic (exact) mass is 262 g/mol. The van der Waals surface area contributed by atoms with Gasteiger partial charge in [-0.05, 0) is 49.9 Å². The van der Waals surface area contributed by atoms with Crippen LogP contribution in [0.25, 0.3) is 0 Å². The number of phenols is 1. The van der Waals surface area contributed by atoms with E-state index in [2.05, 4.69) is 0 Å². The number of phenolic OH excluding ortho intramolecular Hbond substituents is 1. The Morgan fingerprint density at radius 2 is 2.26 bits per heavy atom. The highest BCUT2D eigenvalue weighted by Crippen LogP contribution is 2.21. The Balaban J connectivity index is 2.01. The number of rotatable bonds is 4. The molecule has 0 aromatic heterocycles. The number of carbonyl (C=O) groups is 1. The second kappa shape index (κ2) is 6.57. The molecule has 1 aliphatic heterocycles. The average Bonchev–Trinajstić information content (AvgIpc) is 2.39. The third kappa shape index (κ3) is 3.70. The van der Waals surface area contributed by atoms with Gasteiger partial charge in [0.2, 0.25) is 5.91 Å². The minimum atomic E-state index is 0.142. The predicted molar refractivity (Wildman–Crippen MR) is 74.8 cm³/mol. The summed E-state index contributed by atoms with van der Waals surface area (Å²) in [6.07, 6.45) is 4.55. The molecule has 104 valence electrons. The van der Waals surface area contributed by atoms with Crippen LogP contribution in [-0.4, -0.2) is 35.0 Å². The molecule has 19 heavy (non-hydrogen) atoms. The Kier molecular flexibility index (Phi) is 4.80. The summed E-state index contributed by atoms with van der Waals surface area (Å²) in [5.41, 5.74) is 6.49. The van der Waals surface area contributed by atoms with Gasteiger partial charge in [-0.25, -0.2) is 0 Å². The van der Waals surface area contributed by atoms with Gasteiger partial charge >= 0.3 is 0 Å². The van der Waals surface area contributed by atoms with Gasteiger partial charge in [-0.2, -0.15) is 0 Å². The van der Waals surface area contributed by atoms with Crippen LogP contribution in [0.15, 0.2) is 24.3 Å². The van der Waals surface area contributed by atoms with Crippen molar-refractivity contribution in [1.29, 1.82) is 0 Å². The zero-order valence-electron chi connectivity index (χ0n) is 11.2. The number of amides is 1. The highest BCUT2D eigenvalue weighted by atomic mass is 16.3. The summed E-state index contributed by atoms with van der Waals surface area (Å²) in [7, 11) is 0. The van der Waals surface area contributed by atoms with E-state index in [1.165, 1.54) is 6.42 Å². The van der Waals surface area contributed by atoms with E-state index in [1.807, 2.05) is 11.0 Å². The molecule has 4 nitrogen and oxygen atoms in total. The molecule has 1 amide bonds. The number of nitrogens with two attached hydrogens (primary N) is 1. The molecule has 1 aromatic carbocycles. The summed E-state index contributed by atoms with van der Waals surface area (Å²) in [5, 5.41) is 9.43. The van der Waals surface area contributed by atoms with Crippen LogP contribution in [0.1, 0.15) is 31.2 Å². The highest BCUT2D eigenvalue weighted by Gasteiger charge is 2.25. The third-order valence-electron chi connectivity index (χ3n) is 3.71. The van der Waals surface area contributed by atoms with Crippen molar-refractivity contribution in [1.82, 2.24) is 4.90 Å². The van der Waals surface area contributed by atoms with Crippen LogP contribution in [0.4, 0.5) is 0 Å². The van der Waals surface area contributed by atoms with Gasteiger partial charge < -0.3 is 15.7 Å². The van der Waals surface area contributed by atoms with Crippen molar-refractivity contribution in [3.8, 4) is 5.75 Å². The van der Waals surface area contributed by atoms with Crippen LogP contribution in [0.3, 0.4) is 0 Å². The van der Waals surface area contributed by atoms with Crippen LogP contribution in [-0.2, 0) is 11.2 Å². The van der Waals surface area contributed by atoms with Gasteiger partial charge in [0.05, 0.1) is 6.42 Å². The number of aromatic hydroxyl groups is 1. The molecule has 1 atom stereocenters. The number of carbonyl (C=O) groups excluding carboxylic acids is 1. The Morgan fingerprint density at radius 1 is 1.42 bits per heavy atom. The molecular formula is C15H22N2O2. The number of likely N-dealkylation sites (tertiary alicyclic amines) is 1. The number of hydrogen-bond acceptors (Lipinski definition) is 3. The molecule has 0 saturated carbocycles. The maximum atomic E-state index is 12.4. The van der Waals surface area contributed by atoms with E-state index in [9.17, 15) is 9.90 Å². The Hall–Kier alpha value is -1.55. The largest absolute Gasteiger partial charge is 0.508 e. The molecule has 1 saturated heterocycles. The van der Waals surface area contributed by atoms with Crippen molar-refractivity contribution in [3.63, 3.8) is 0 Å². The number of benzene rings is 1.